The minimum atomic E-state index is -1.13. The monoisotopic (exact) mass is 275 g/mol. The van der Waals surface area contributed by atoms with Crippen LogP contribution >= 0.6 is 0 Å². The third kappa shape index (κ3) is 4.28. The lowest BCUT2D eigenvalue weighted by Crippen LogP contribution is -2.43. The summed E-state index contributed by atoms with van der Waals surface area (Å²) >= 11 is 0. The first-order chi connectivity index (χ1) is 9.45. The number of aliphatic carboxylic acids is 1. The Bertz CT molecular complexity index is 510. The maximum atomic E-state index is 11.9. The topological polar surface area (TPSA) is 93.4 Å². The van der Waals surface area contributed by atoms with Gasteiger partial charge in [-0.2, -0.15) is 5.26 Å². The number of carbonyl (C=O) groups is 2. The van der Waals surface area contributed by atoms with Gasteiger partial charge < -0.3 is 15.3 Å². The number of benzene rings is 1. The summed E-state index contributed by atoms with van der Waals surface area (Å²) < 4.78 is 0. The first kappa shape index (κ1) is 15.5. The maximum Gasteiger partial charge on any atom is 0.330 e. The average Bonchev–Trinajstić information content (AvgIpc) is 2.44. The molecule has 0 aliphatic rings. The van der Waals surface area contributed by atoms with Gasteiger partial charge in [-0.15, -0.1) is 0 Å². The van der Waals surface area contributed by atoms with E-state index in [1.165, 1.54) is 11.9 Å². The highest BCUT2D eigenvalue weighted by molar-refractivity contribution is 5.83. The van der Waals surface area contributed by atoms with Crippen LogP contribution in [0.15, 0.2) is 30.3 Å². The molecule has 1 aromatic rings. The van der Waals surface area contributed by atoms with Crippen molar-refractivity contribution >= 4 is 12.0 Å². The second-order valence-corrected chi connectivity index (χ2v) is 4.54. The van der Waals surface area contributed by atoms with Crippen molar-refractivity contribution in [2.45, 2.75) is 13.0 Å². The molecule has 1 aromatic carbocycles. The summed E-state index contributed by atoms with van der Waals surface area (Å²) in [6.45, 7) is 1.93. The Morgan fingerprint density at radius 3 is 2.50 bits per heavy atom. The van der Waals surface area contributed by atoms with Crippen molar-refractivity contribution in [1.29, 1.82) is 5.26 Å². The zero-order valence-corrected chi connectivity index (χ0v) is 11.4. The smallest absolute Gasteiger partial charge is 0.330 e. The molecule has 106 valence electrons. The van der Waals surface area contributed by atoms with E-state index in [0.29, 0.717) is 5.56 Å². The summed E-state index contributed by atoms with van der Waals surface area (Å²) in [6, 6.07) is 8.84. The molecule has 0 fully saturated rings. The van der Waals surface area contributed by atoms with Gasteiger partial charge in [0.25, 0.3) is 0 Å². The number of urea groups is 1. The molecule has 6 heteroatoms. The van der Waals surface area contributed by atoms with Crippen molar-refractivity contribution < 1.29 is 14.7 Å². The fraction of sp³-hybridized carbons (Fsp3) is 0.357. The van der Waals surface area contributed by atoms with Crippen molar-refractivity contribution in [1.82, 2.24) is 10.2 Å². The summed E-state index contributed by atoms with van der Waals surface area (Å²) in [7, 11) is 1.52. The van der Waals surface area contributed by atoms with Crippen LogP contribution in [-0.4, -0.2) is 35.6 Å². The van der Waals surface area contributed by atoms with Gasteiger partial charge in [0.1, 0.15) is 0 Å². The van der Waals surface area contributed by atoms with E-state index in [2.05, 4.69) is 5.32 Å². The van der Waals surface area contributed by atoms with Gasteiger partial charge in [-0.3, -0.25) is 0 Å². The van der Waals surface area contributed by atoms with Crippen LogP contribution in [0.4, 0.5) is 4.79 Å². The molecule has 0 saturated carbocycles. The number of carboxylic acid groups (broad SMARTS) is 1. The summed E-state index contributed by atoms with van der Waals surface area (Å²) in [4.78, 5) is 24.5. The highest BCUT2D eigenvalue weighted by Gasteiger charge is 2.23. The fourth-order valence-corrected chi connectivity index (χ4v) is 1.70. The molecule has 0 saturated heterocycles. The predicted octanol–water partition coefficient (Wildman–Crippen LogP) is 1.61. The number of rotatable bonds is 5. The first-order valence-corrected chi connectivity index (χ1v) is 6.14. The second-order valence-electron chi connectivity index (χ2n) is 4.54. The highest BCUT2D eigenvalue weighted by atomic mass is 16.4. The molecule has 0 aliphatic carbocycles. The Hall–Kier alpha value is -2.55. The van der Waals surface area contributed by atoms with E-state index in [9.17, 15) is 14.7 Å². The Morgan fingerprint density at radius 2 is 2.00 bits per heavy atom. The molecular weight excluding hydrogens is 258 g/mol. The Morgan fingerprint density at radius 1 is 1.40 bits per heavy atom. The third-order valence-corrected chi connectivity index (χ3v) is 2.76. The van der Waals surface area contributed by atoms with Crippen molar-refractivity contribution in [3.05, 3.63) is 35.9 Å². The van der Waals surface area contributed by atoms with Crippen molar-refractivity contribution in [2.24, 2.45) is 5.92 Å². The van der Waals surface area contributed by atoms with Gasteiger partial charge in [0.2, 0.25) is 0 Å². The molecule has 2 N–H and O–H groups in total. The van der Waals surface area contributed by atoms with Crippen LogP contribution in [-0.2, 0) is 4.79 Å². The van der Waals surface area contributed by atoms with Gasteiger partial charge in [0, 0.05) is 13.6 Å². The van der Waals surface area contributed by atoms with E-state index in [4.69, 9.17) is 5.26 Å². The molecule has 0 radical (unpaired) electrons. The van der Waals surface area contributed by atoms with Gasteiger partial charge >= 0.3 is 12.0 Å². The molecule has 2 atom stereocenters. The van der Waals surface area contributed by atoms with E-state index in [0.717, 1.165) is 0 Å². The van der Waals surface area contributed by atoms with Crippen molar-refractivity contribution in [3.63, 3.8) is 0 Å². The van der Waals surface area contributed by atoms with Gasteiger partial charge in [-0.05, 0) is 12.5 Å². The Balaban J connectivity index is 2.75. The summed E-state index contributed by atoms with van der Waals surface area (Å²) in [5.41, 5.74) is 0.495. The molecule has 0 aromatic heterocycles. The Labute approximate surface area is 117 Å². The lowest BCUT2D eigenvalue weighted by atomic mass is 10.1. The fourth-order valence-electron chi connectivity index (χ4n) is 1.70. The number of nitrogens with one attached hydrogen (secondary N) is 1. The number of carbonyl (C=O) groups excluding carboxylic acids is 1. The largest absolute Gasteiger partial charge is 0.479 e. The molecule has 1 rings (SSSR count). The zero-order chi connectivity index (χ0) is 15.1. The highest BCUT2D eigenvalue weighted by Crippen LogP contribution is 2.13. The minimum absolute atomic E-state index is 0.240. The number of hydrogen-bond acceptors (Lipinski definition) is 3. The van der Waals surface area contributed by atoms with E-state index in [1.807, 2.05) is 6.07 Å². The average molecular weight is 275 g/mol. The maximum absolute atomic E-state index is 11.9. The molecule has 0 aliphatic heterocycles. The molecule has 0 spiro atoms. The first-order valence-electron chi connectivity index (χ1n) is 6.14. The Kier molecular flexibility index (Phi) is 5.54. The third-order valence-electron chi connectivity index (χ3n) is 2.76. The van der Waals surface area contributed by atoms with E-state index in [-0.39, 0.29) is 12.5 Å². The van der Waals surface area contributed by atoms with Gasteiger partial charge in [0.15, 0.2) is 6.04 Å². The van der Waals surface area contributed by atoms with Crippen LogP contribution in [0.5, 0.6) is 0 Å². The number of hydrogen-bond donors (Lipinski definition) is 2. The van der Waals surface area contributed by atoms with Crippen molar-refractivity contribution in [3.8, 4) is 6.07 Å². The van der Waals surface area contributed by atoms with E-state index < -0.39 is 18.0 Å². The number of nitrogens with zero attached hydrogens (tertiary/aromatic N) is 2. The predicted molar refractivity (Wildman–Crippen MR) is 72.8 cm³/mol. The number of amides is 2. The standard InChI is InChI=1S/C14H17N3O3/c1-10(8-15)9-17(2)14(20)16-12(13(18)19)11-6-4-3-5-7-11/h3-7,10,12H,9H2,1-2H3,(H,16,20)(H,18,19)/t10?,12-/m1/s1. The zero-order valence-electron chi connectivity index (χ0n) is 11.4. The van der Waals surface area contributed by atoms with Crippen LogP contribution in [0.3, 0.4) is 0 Å². The second kappa shape index (κ2) is 7.14. The molecular formula is C14H17N3O3. The summed E-state index contributed by atoms with van der Waals surface area (Å²) in [5.74, 6) is -1.45. The summed E-state index contributed by atoms with van der Waals surface area (Å²) in [5, 5.41) is 20.4. The van der Waals surface area contributed by atoms with Crippen molar-refractivity contribution in [2.75, 3.05) is 13.6 Å². The summed E-state index contributed by atoms with van der Waals surface area (Å²) in [6.07, 6.45) is 0. The normalized spacial score (nSPS) is 12.8. The van der Waals surface area contributed by atoms with Gasteiger partial charge in [-0.1, -0.05) is 30.3 Å². The molecule has 6 nitrogen and oxygen atoms in total. The number of nitriles is 1. The molecule has 0 bridgehead atoms. The molecule has 2 amide bonds. The van der Waals surface area contributed by atoms with Crippen LogP contribution in [0.1, 0.15) is 18.5 Å². The molecule has 20 heavy (non-hydrogen) atoms. The SMILES string of the molecule is CC(C#N)CN(C)C(=O)N[C@@H](C(=O)O)c1ccccc1. The lowest BCUT2D eigenvalue weighted by molar-refractivity contribution is -0.139. The molecule has 0 heterocycles. The quantitative estimate of drug-likeness (QED) is 0.853. The van der Waals surface area contributed by atoms with E-state index in [1.54, 1.807) is 37.3 Å². The van der Waals surface area contributed by atoms with Crippen LogP contribution < -0.4 is 5.32 Å². The van der Waals surface area contributed by atoms with Crippen LogP contribution in [0.2, 0.25) is 0 Å². The number of carboxylic acids is 1. The minimum Gasteiger partial charge on any atom is -0.479 e. The van der Waals surface area contributed by atoms with E-state index >= 15 is 0 Å². The lowest BCUT2D eigenvalue weighted by Gasteiger charge is -2.22. The van der Waals surface area contributed by atoms with Crippen LogP contribution in [0.25, 0.3) is 0 Å². The van der Waals surface area contributed by atoms with Gasteiger partial charge in [0.05, 0.1) is 12.0 Å². The van der Waals surface area contributed by atoms with Crippen LogP contribution in [0, 0.1) is 17.2 Å². The van der Waals surface area contributed by atoms with Gasteiger partial charge in [-0.25, -0.2) is 9.59 Å². The molecule has 1 unspecified atom stereocenters.